The maximum Gasteiger partial charge on any atom is 0.243 e. The van der Waals surface area contributed by atoms with E-state index < -0.39 is 10.0 Å². The molecule has 20 heavy (non-hydrogen) atoms. The van der Waals surface area contributed by atoms with Crippen molar-refractivity contribution in [3.05, 3.63) is 42.0 Å². The van der Waals surface area contributed by atoms with E-state index in [2.05, 4.69) is 11.9 Å². The molecule has 0 saturated heterocycles. The maximum absolute atomic E-state index is 12.3. The minimum Gasteiger partial charge on any atom is -0.310 e. The fourth-order valence-corrected chi connectivity index (χ4v) is 3.20. The molecule has 2 rings (SSSR count). The van der Waals surface area contributed by atoms with Crippen LogP contribution in [0.5, 0.6) is 0 Å². The van der Waals surface area contributed by atoms with Crippen molar-refractivity contribution >= 4 is 10.0 Å². The van der Waals surface area contributed by atoms with E-state index >= 15 is 0 Å². The first kappa shape index (κ1) is 15.2. The SMILES string of the molecule is C=C(C)CN(C)S(=O)(=O)c1ccc(CNC2CC2)cc1. The van der Waals surface area contributed by atoms with Crippen molar-refractivity contribution in [3.63, 3.8) is 0 Å². The molecule has 110 valence electrons. The van der Waals surface area contributed by atoms with Gasteiger partial charge in [-0.1, -0.05) is 24.3 Å². The highest BCUT2D eigenvalue weighted by molar-refractivity contribution is 7.89. The van der Waals surface area contributed by atoms with Gasteiger partial charge in [0, 0.05) is 26.2 Å². The smallest absolute Gasteiger partial charge is 0.243 e. The summed E-state index contributed by atoms with van der Waals surface area (Å²) in [4.78, 5) is 0.330. The van der Waals surface area contributed by atoms with E-state index in [0.29, 0.717) is 17.5 Å². The van der Waals surface area contributed by atoms with Gasteiger partial charge in [-0.2, -0.15) is 4.31 Å². The molecule has 0 heterocycles. The van der Waals surface area contributed by atoms with E-state index in [1.807, 2.05) is 19.1 Å². The Morgan fingerprint density at radius 3 is 2.45 bits per heavy atom. The number of sulfonamides is 1. The van der Waals surface area contributed by atoms with Gasteiger partial charge in [0.1, 0.15) is 0 Å². The maximum atomic E-state index is 12.3. The van der Waals surface area contributed by atoms with Gasteiger partial charge in [0.15, 0.2) is 0 Å². The van der Waals surface area contributed by atoms with Gasteiger partial charge < -0.3 is 5.32 Å². The molecule has 1 aromatic carbocycles. The zero-order chi connectivity index (χ0) is 14.8. The minimum atomic E-state index is -3.42. The summed E-state index contributed by atoms with van der Waals surface area (Å²) in [6.07, 6.45) is 2.50. The van der Waals surface area contributed by atoms with Crippen molar-refractivity contribution in [3.8, 4) is 0 Å². The predicted octanol–water partition coefficient (Wildman–Crippen LogP) is 2.14. The standard InChI is InChI=1S/C15H22N2O2S/c1-12(2)11-17(3)20(18,19)15-8-4-13(5-9-15)10-16-14-6-7-14/h4-5,8-9,14,16H,1,6-7,10-11H2,2-3H3. The fraction of sp³-hybridized carbons (Fsp3) is 0.467. The molecule has 0 spiro atoms. The summed E-state index contributed by atoms with van der Waals surface area (Å²) in [5.74, 6) is 0. The molecule has 1 fully saturated rings. The van der Waals surface area contributed by atoms with Crippen LogP contribution in [-0.2, 0) is 16.6 Å². The normalized spacial score (nSPS) is 15.6. The highest BCUT2D eigenvalue weighted by Crippen LogP contribution is 2.20. The van der Waals surface area contributed by atoms with E-state index in [0.717, 1.165) is 17.7 Å². The van der Waals surface area contributed by atoms with Gasteiger partial charge in [-0.15, -0.1) is 0 Å². The Hall–Kier alpha value is -1.17. The molecule has 1 saturated carbocycles. The van der Waals surface area contributed by atoms with Crippen molar-refractivity contribution in [2.75, 3.05) is 13.6 Å². The number of nitrogens with one attached hydrogen (secondary N) is 1. The van der Waals surface area contributed by atoms with Gasteiger partial charge in [0.2, 0.25) is 10.0 Å². The number of hydrogen-bond donors (Lipinski definition) is 1. The van der Waals surface area contributed by atoms with E-state index in [4.69, 9.17) is 0 Å². The summed E-state index contributed by atoms with van der Waals surface area (Å²) in [5, 5.41) is 3.41. The topological polar surface area (TPSA) is 49.4 Å². The zero-order valence-electron chi connectivity index (χ0n) is 12.1. The quantitative estimate of drug-likeness (QED) is 0.784. The van der Waals surface area contributed by atoms with Gasteiger partial charge in [-0.3, -0.25) is 0 Å². The van der Waals surface area contributed by atoms with Crippen molar-refractivity contribution in [2.24, 2.45) is 0 Å². The van der Waals surface area contributed by atoms with Crippen LogP contribution < -0.4 is 5.32 Å². The van der Waals surface area contributed by atoms with Crippen LogP contribution in [-0.4, -0.2) is 32.4 Å². The molecule has 1 N–H and O–H groups in total. The molecule has 0 unspecified atom stereocenters. The van der Waals surface area contributed by atoms with Crippen molar-refractivity contribution in [1.82, 2.24) is 9.62 Å². The third-order valence-corrected chi connectivity index (χ3v) is 5.11. The molecule has 0 radical (unpaired) electrons. The molecule has 0 amide bonds. The van der Waals surface area contributed by atoms with Crippen LogP contribution in [0.1, 0.15) is 25.3 Å². The second kappa shape index (κ2) is 6.08. The van der Waals surface area contributed by atoms with Gasteiger partial charge in [-0.05, 0) is 37.5 Å². The lowest BCUT2D eigenvalue weighted by molar-refractivity contribution is 0.493. The highest BCUT2D eigenvalue weighted by Gasteiger charge is 2.21. The summed E-state index contributed by atoms with van der Waals surface area (Å²) in [7, 11) is -1.84. The third-order valence-electron chi connectivity index (χ3n) is 3.30. The van der Waals surface area contributed by atoms with Gasteiger partial charge in [-0.25, -0.2) is 8.42 Å². The Morgan fingerprint density at radius 1 is 1.35 bits per heavy atom. The average molecular weight is 294 g/mol. The largest absolute Gasteiger partial charge is 0.310 e. The molecule has 0 bridgehead atoms. The lowest BCUT2D eigenvalue weighted by atomic mass is 10.2. The number of hydrogen-bond acceptors (Lipinski definition) is 3. The molecular weight excluding hydrogens is 272 g/mol. The lowest BCUT2D eigenvalue weighted by Gasteiger charge is -2.17. The Kier molecular flexibility index (Phi) is 4.62. The third kappa shape index (κ3) is 3.91. The van der Waals surface area contributed by atoms with E-state index in [1.54, 1.807) is 19.2 Å². The second-order valence-electron chi connectivity index (χ2n) is 5.52. The van der Waals surface area contributed by atoms with E-state index in [1.165, 1.54) is 17.1 Å². The number of rotatable bonds is 7. The first-order chi connectivity index (χ1) is 9.39. The first-order valence-electron chi connectivity index (χ1n) is 6.82. The van der Waals surface area contributed by atoms with Gasteiger partial charge in [0.25, 0.3) is 0 Å². The predicted molar refractivity (Wildman–Crippen MR) is 80.9 cm³/mol. The summed E-state index contributed by atoms with van der Waals surface area (Å²) in [6, 6.07) is 7.75. The van der Waals surface area contributed by atoms with E-state index in [-0.39, 0.29) is 0 Å². The summed E-state index contributed by atoms with van der Waals surface area (Å²) >= 11 is 0. The number of benzene rings is 1. The molecule has 0 aromatic heterocycles. The van der Waals surface area contributed by atoms with Crippen LogP contribution in [0.4, 0.5) is 0 Å². The molecule has 1 aliphatic carbocycles. The van der Waals surface area contributed by atoms with Crippen molar-refractivity contribution < 1.29 is 8.42 Å². The molecule has 0 aliphatic heterocycles. The van der Waals surface area contributed by atoms with E-state index in [9.17, 15) is 8.42 Å². The van der Waals surface area contributed by atoms with Crippen LogP contribution in [0.25, 0.3) is 0 Å². The Balaban J connectivity index is 2.05. The van der Waals surface area contributed by atoms with Crippen LogP contribution in [0.3, 0.4) is 0 Å². The van der Waals surface area contributed by atoms with Gasteiger partial charge in [0.05, 0.1) is 4.90 Å². The average Bonchev–Trinajstić information content (AvgIpc) is 3.20. The summed E-state index contributed by atoms with van der Waals surface area (Å²) in [6.45, 7) is 6.71. The molecule has 1 aliphatic rings. The minimum absolute atomic E-state index is 0.330. The Morgan fingerprint density at radius 2 is 1.95 bits per heavy atom. The Labute approximate surface area is 121 Å². The highest BCUT2D eigenvalue weighted by atomic mass is 32.2. The van der Waals surface area contributed by atoms with Crippen LogP contribution in [0.2, 0.25) is 0 Å². The zero-order valence-corrected chi connectivity index (χ0v) is 12.9. The van der Waals surface area contributed by atoms with Crippen LogP contribution >= 0.6 is 0 Å². The van der Waals surface area contributed by atoms with Crippen LogP contribution in [0, 0.1) is 0 Å². The number of likely N-dealkylation sites (N-methyl/N-ethyl adjacent to an activating group) is 1. The van der Waals surface area contributed by atoms with Gasteiger partial charge >= 0.3 is 0 Å². The fourth-order valence-electron chi connectivity index (χ4n) is 1.97. The van der Waals surface area contributed by atoms with Crippen molar-refractivity contribution in [2.45, 2.75) is 37.2 Å². The molecule has 0 atom stereocenters. The summed E-state index contributed by atoms with van der Waals surface area (Å²) < 4.78 is 26.0. The number of nitrogens with zero attached hydrogens (tertiary/aromatic N) is 1. The monoisotopic (exact) mass is 294 g/mol. The molecule has 4 nitrogen and oxygen atoms in total. The van der Waals surface area contributed by atoms with Crippen LogP contribution in [0.15, 0.2) is 41.3 Å². The Bertz CT molecular complexity index is 574. The molecule has 5 heteroatoms. The summed E-state index contributed by atoms with van der Waals surface area (Å²) in [5.41, 5.74) is 1.93. The van der Waals surface area contributed by atoms with Crippen molar-refractivity contribution in [1.29, 1.82) is 0 Å². The lowest BCUT2D eigenvalue weighted by Crippen LogP contribution is -2.28. The molecular formula is C15H22N2O2S. The first-order valence-corrected chi connectivity index (χ1v) is 8.26. The second-order valence-corrected chi connectivity index (χ2v) is 7.56. The molecule has 1 aromatic rings.